The predicted octanol–water partition coefficient (Wildman–Crippen LogP) is 3.19. The minimum absolute atomic E-state index is 0.0337. The molecular weight excluding hydrogens is 332 g/mol. The van der Waals surface area contributed by atoms with Crippen LogP contribution in [0.1, 0.15) is 10.4 Å². The first-order valence-electron chi connectivity index (χ1n) is 7.09. The monoisotopic (exact) mass is 348 g/mol. The summed E-state index contributed by atoms with van der Waals surface area (Å²) in [6, 6.07) is 11.7. The van der Waals surface area contributed by atoms with E-state index in [9.17, 15) is 9.59 Å². The van der Waals surface area contributed by atoms with Crippen LogP contribution in [-0.2, 0) is 9.53 Å². The minimum Gasteiger partial charge on any atom is -0.497 e. The van der Waals surface area contributed by atoms with Crippen molar-refractivity contribution in [1.29, 1.82) is 0 Å². The molecule has 0 unspecified atom stereocenters. The molecule has 2 rings (SSSR count). The van der Waals surface area contributed by atoms with E-state index < -0.39 is 5.97 Å². The maximum atomic E-state index is 12.1. The number of rotatable bonds is 6. The zero-order valence-electron chi connectivity index (χ0n) is 13.3. The van der Waals surface area contributed by atoms with Gasteiger partial charge in [0.2, 0.25) is 5.91 Å². The fourth-order valence-electron chi connectivity index (χ4n) is 1.98. The van der Waals surface area contributed by atoms with Crippen LogP contribution in [0.25, 0.3) is 0 Å². The predicted molar refractivity (Wildman–Crippen MR) is 92.9 cm³/mol. The Hall–Kier alpha value is -2.73. The number of benzene rings is 2. The Morgan fingerprint density at radius 2 is 1.92 bits per heavy atom. The second kappa shape index (κ2) is 8.21. The number of anilines is 2. The van der Waals surface area contributed by atoms with E-state index >= 15 is 0 Å². The van der Waals surface area contributed by atoms with Crippen molar-refractivity contribution in [1.82, 2.24) is 0 Å². The molecule has 0 aromatic heterocycles. The Morgan fingerprint density at radius 3 is 2.62 bits per heavy atom. The standard InChI is InChI=1S/C17H17ClN2O4/c1-23-13-5-3-4-12(9-13)19-10-16(21)20-15-8-11(17(22)24-2)6-7-14(15)18/h3-9,19H,10H2,1-2H3,(H,20,21). The van der Waals surface area contributed by atoms with Crippen molar-refractivity contribution in [2.75, 3.05) is 31.4 Å². The Labute approximate surface area is 144 Å². The lowest BCUT2D eigenvalue weighted by Gasteiger charge is -2.11. The van der Waals surface area contributed by atoms with Crippen LogP contribution in [-0.4, -0.2) is 32.6 Å². The van der Waals surface area contributed by atoms with E-state index in [1.54, 1.807) is 13.2 Å². The van der Waals surface area contributed by atoms with Crippen molar-refractivity contribution in [2.45, 2.75) is 0 Å². The summed E-state index contributed by atoms with van der Waals surface area (Å²) in [7, 11) is 2.86. The molecule has 0 saturated carbocycles. The fraction of sp³-hybridized carbons (Fsp3) is 0.176. The molecule has 0 heterocycles. The lowest BCUT2D eigenvalue weighted by atomic mass is 10.2. The highest BCUT2D eigenvalue weighted by Crippen LogP contribution is 2.23. The second-order valence-corrected chi connectivity index (χ2v) is 5.23. The average Bonchev–Trinajstić information content (AvgIpc) is 2.61. The third-order valence-electron chi connectivity index (χ3n) is 3.18. The molecule has 126 valence electrons. The second-order valence-electron chi connectivity index (χ2n) is 4.82. The van der Waals surface area contributed by atoms with Crippen LogP contribution >= 0.6 is 11.6 Å². The van der Waals surface area contributed by atoms with E-state index in [0.29, 0.717) is 22.0 Å². The molecule has 0 spiro atoms. The molecule has 0 saturated heterocycles. The van der Waals surface area contributed by atoms with Crippen LogP contribution in [0.15, 0.2) is 42.5 Å². The van der Waals surface area contributed by atoms with Gasteiger partial charge in [-0.1, -0.05) is 17.7 Å². The molecule has 0 aliphatic rings. The molecule has 0 aliphatic heterocycles. The number of esters is 1. The van der Waals surface area contributed by atoms with E-state index in [2.05, 4.69) is 15.4 Å². The number of carbonyl (C=O) groups is 2. The molecule has 24 heavy (non-hydrogen) atoms. The number of hydrogen-bond donors (Lipinski definition) is 2. The van der Waals surface area contributed by atoms with Gasteiger partial charge in [-0.05, 0) is 30.3 Å². The van der Waals surface area contributed by atoms with Crippen molar-refractivity contribution in [3.63, 3.8) is 0 Å². The van der Waals surface area contributed by atoms with Gasteiger partial charge in [0.15, 0.2) is 0 Å². The van der Waals surface area contributed by atoms with Crippen LogP contribution in [0.5, 0.6) is 5.75 Å². The average molecular weight is 349 g/mol. The minimum atomic E-state index is -0.503. The first kappa shape index (κ1) is 17.6. The van der Waals surface area contributed by atoms with Gasteiger partial charge in [0.25, 0.3) is 0 Å². The summed E-state index contributed by atoms with van der Waals surface area (Å²) in [5.41, 5.74) is 1.40. The summed E-state index contributed by atoms with van der Waals surface area (Å²) >= 11 is 6.04. The number of carbonyl (C=O) groups excluding carboxylic acids is 2. The largest absolute Gasteiger partial charge is 0.497 e. The number of hydrogen-bond acceptors (Lipinski definition) is 5. The summed E-state index contributed by atoms with van der Waals surface area (Å²) in [4.78, 5) is 23.6. The van der Waals surface area contributed by atoms with Crippen LogP contribution in [0.4, 0.5) is 11.4 Å². The van der Waals surface area contributed by atoms with E-state index in [1.807, 2.05) is 18.2 Å². The number of ether oxygens (including phenoxy) is 2. The molecular formula is C17H17ClN2O4. The topological polar surface area (TPSA) is 76.7 Å². The number of methoxy groups -OCH3 is 2. The molecule has 2 aromatic rings. The quantitative estimate of drug-likeness (QED) is 0.784. The molecule has 1 amide bonds. The molecule has 0 radical (unpaired) electrons. The first-order valence-corrected chi connectivity index (χ1v) is 7.47. The first-order chi connectivity index (χ1) is 11.5. The third kappa shape index (κ3) is 4.63. The maximum Gasteiger partial charge on any atom is 0.337 e. The Balaban J connectivity index is 2.00. The molecule has 0 fully saturated rings. The summed E-state index contributed by atoms with van der Waals surface area (Å²) < 4.78 is 9.76. The highest BCUT2D eigenvalue weighted by molar-refractivity contribution is 6.33. The zero-order valence-corrected chi connectivity index (χ0v) is 14.0. The highest BCUT2D eigenvalue weighted by atomic mass is 35.5. The normalized spacial score (nSPS) is 9.96. The van der Waals surface area contributed by atoms with Gasteiger partial charge in [0.05, 0.1) is 37.0 Å². The van der Waals surface area contributed by atoms with Gasteiger partial charge < -0.3 is 20.1 Å². The smallest absolute Gasteiger partial charge is 0.337 e. The lowest BCUT2D eigenvalue weighted by molar-refractivity contribution is -0.114. The Morgan fingerprint density at radius 1 is 1.12 bits per heavy atom. The van der Waals surface area contributed by atoms with Gasteiger partial charge in [0.1, 0.15) is 5.75 Å². The number of nitrogens with one attached hydrogen (secondary N) is 2. The van der Waals surface area contributed by atoms with Crippen LogP contribution in [0, 0.1) is 0 Å². The summed E-state index contributed by atoms with van der Waals surface area (Å²) in [6.45, 7) is 0.0337. The Kier molecular flexibility index (Phi) is 6.03. The van der Waals surface area contributed by atoms with Crippen molar-refractivity contribution in [3.05, 3.63) is 53.1 Å². The van der Waals surface area contributed by atoms with E-state index in [0.717, 1.165) is 5.69 Å². The summed E-state index contributed by atoms with van der Waals surface area (Å²) in [6.07, 6.45) is 0. The molecule has 0 atom stereocenters. The van der Waals surface area contributed by atoms with Crippen molar-refractivity contribution >= 4 is 34.9 Å². The van der Waals surface area contributed by atoms with Crippen LogP contribution in [0.3, 0.4) is 0 Å². The lowest BCUT2D eigenvalue weighted by Crippen LogP contribution is -2.22. The number of amides is 1. The van der Waals surface area contributed by atoms with E-state index in [-0.39, 0.29) is 12.5 Å². The van der Waals surface area contributed by atoms with Gasteiger partial charge in [-0.15, -0.1) is 0 Å². The SMILES string of the molecule is COC(=O)c1ccc(Cl)c(NC(=O)CNc2cccc(OC)c2)c1. The van der Waals surface area contributed by atoms with Crippen molar-refractivity contribution in [2.24, 2.45) is 0 Å². The van der Waals surface area contributed by atoms with E-state index in [1.165, 1.54) is 25.3 Å². The maximum absolute atomic E-state index is 12.1. The summed E-state index contributed by atoms with van der Waals surface area (Å²) in [5, 5.41) is 5.97. The van der Waals surface area contributed by atoms with Gasteiger partial charge in [-0.3, -0.25) is 4.79 Å². The van der Waals surface area contributed by atoms with Gasteiger partial charge >= 0.3 is 5.97 Å². The van der Waals surface area contributed by atoms with Gasteiger partial charge in [-0.25, -0.2) is 4.79 Å². The molecule has 0 bridgehead atoms. The molecule has 7 heteroatoms. The molecule has 2 aromatic carbocycles. The third-order valence-corrected chi connectivity index (χ3v) is 3.51. The number of halogens is 1. The van der Waals surface area contributed by atoms with E-state index in [4.69, 9.17) is 16.3 Å². The van der Waals surface area contributed by atoms with Crippen molar-refractivity contribution in [3.8, 4) is 5.75 Å². The van der Waals surface area contributed by atoms with Gasteiger partial charge in [-0.2, -0.15) is 0 Å². The zero-order chi connectivity index (χ0) is 17.5. The van der Waals surface area contributed by atoms with Crippen molar-refractivity contribution < 1.29 is 19.1 Å². The highest BCUT2D eigenvalue weighted by Gasteiger charge is 2.11. The van der Waals surface area contributed by atoms with Crippen LogP contribution in [0.2, 0.25) is 5.02 Å². The molecule has 0 aliphatic carbocycles. The Bertz CT molecular complexity index is 749. The molecule has 2 N–H and O–H groups in total. The summed E-state index contributed by atoms with van der Waals surface area (Å²) in [5.74, 6) is -0.118. The van der Waals surface area contributed by atoms with Gasteiger partial charge in [0, 0.05) is 11.8 Å². The fourth-order valence-corrected chi connectivity index (χ4v) is 2.14. The molecule has 6 nitrogen and oxygen atoms in total. The van der Waals surface area contributed by atoms with Crippen LogP contribution < -0.4 is 15.4 Å².